The van der Waals surface area contributed by atoms with E-state index >= 15 is 0 Å². The SMILES string of the molecule is O=C(O)[C@H]1CCCCN1C(=O)c1ccc(S(=O)(=O)N2CCCCC2)cc1. The van der Waals surface area contributed by atoms with Gasteiger partial charge in [0.05, 0.1) is 4.90 Å². The minimum atomic E-state index is -3.54. The lowest BCUT2D eigenvalue weighted by Gasteiger charge is -2.33. The van der Waals surface area contributed by atoms with Crippen LogP contribution in [0, 0.1) is 0 Å². The van der Waals surface area contributed by atoms with Gasteiger partial charge in [-0.2, -0.15) is 4.31 Å². The highest BCUT2D eigenvalue weighted by molar-refractivity contribution is 7.89. The van der Waals surface area contributed by atoms with Crippen molar-refractivity contribution in [2.24, 2.45) is 0 Å². The molecule has 26 heavy (non-hydrogen) atoms. The molecule has 1 N–H and O–H groups in total. The third-order valence-electron chi connectivity index (χ3n) is 5.10. The van der Waals surface area contributed by atoms with Gasteiger partial charge in [0.2, 0.25) is 10.0 Å². The van der Waals surface area contributed by atoms with E-state index in [1.165, 1.54) is 33.5 Å². The fourth-order valence-electron chi connectivity index (χ4n) is 3.62. The molecule has 8 heteroatoms. The fraction of sp³-hybridized carbons (Fsp3) is 0.556. The highest BCUT2D eigenvalue weighted by Gasteiger charge is 2.33. The summed E-state index contributed by atoms with van der Waals surface area (Å²) in [5, 5.41) is 9.32. The van der Waals surface area contributed by atoms with Crippen molar-refractivity contribution in [3.05, 3.63) is 29.8 Å². The maximum absolute atomic E-state index is 12.7. The minimum Gasteiger partial charge on any atom is -0.480 e. The molecule has 1 atom stereocenters. The number of piperidine rings is 2. The minimum absolute atomic E-state index is 0.171. The summed E-state index contributed by atoms with van der Waals surface area (Å²) in [7, 11) is -3.54. The molecule has 1 aromatic rings. The predicted molar refractivity (Wildman–Crippen MR) is 95.4 cm³/mol. The number of sulfonamides is 1. The van der Waals surface area contributed by atoms with Crippen molar-refractivity contribution in [3.63, 3.8) is 0 Å². The molecule has 0 aliphatic carbocycles. The van der Waals surface area contributed by atoms with Crippen LogP contribution in [0.1, 0.15) is 48.9 Å². The van der Waals surface area contributed by atoms with Gasteiger partial charge in [-0.05, 0) is 56.4 Å². The number of carbonyl (C=O) groups is 2. The summed E-state index contributed by atoms with van der Waals surface area (Å²) in [6.45, 7) is 1.46. The maximum atomic E-state index is 12.7. The lowest BCUT2D eigenvalue weighted by Crippen LogP contribution is -2.48. The number of hydrogen-bond acceptors (Lipinski definition) is 4. The predicted octanol–water partition coefficient (Wildman–Crippen LogP) is 1.94. The average Bonchev–Trinajstić information content (AvgIpc) is 2.68. The monoisotopic (exact) mass is 380 g/mol. The molecule has 2 aliphatic rings. The van der Waals surface area contributed by atoms with E-state index in [1.54, 1.807) is 0 Å². The number of benzene rings is 1. The smallest absolute Gasteiger partial charge is 0.326 e. The molecular formula is C18H24N2O5S. The molecule has 142 valence electrons. The van der Waals surface area contributed by atoms with Crippen molar-refractivity contribution in [2.45, 2.75) is 49.5 Å². The summed E-state index contributed by atoms with van der Waals surface area (Å²) in [4.78, 5) is 25.6. The van der Waals surface area contributed by atoms with Crippen LogP contribution >= 0.6 is 0 Å². The Hall–Kier alpha value is -1.93. The molecule has 2 aliphatic heterocycles. The van der Waals surface area contributed by atoms with Crippen LogP contribution in [0.15, 0.2) is 29.2 Å². The normalized spacial score (nSPS) is 22.2. The first-order valence-corrected chi connectivity index (χ1v) is 10.5. The zero-order valence-electron chi connectivity index (χ0n) is 14.6. The van der Waals surface area contributed by atoms with E-state index in [4.69, 9.17) is 0 Å². The Labute approximate surface area is 153 Å². The number of carboxylic acid groups (broad SMARTS) is 1. The first-order valence-electron chi connectivity index (χ1n) is 9.05. The molecule has 7 nitrogen and oxygen atoms in total. The number of carboxylic acids is 1. The third-order valence-corrected chi connectivity index (χ3v) is 7.02. The van der Waals surface area contributed by atoms with E-state index in [0.717, 1.165) is 32.1 Å². The number of amides is 1. The Morgan fingerprint density at radius 3 is 2.15 bits per heavy atom. The van der Waals surface area contributed by atoms with Crippen LogP contribution in [0.2, 0.25) is 0 Å². The van der Waals surface area contributed by atoms with Crippen LogP contribution in [-0.4, -0.2) is 60.3 Å². The first-order chi connectivity index (χ1) is 12.4. The molecule has 0 aromatic heterocycles. The summed E-state index contributed by atoms with van der Waals surface area (Å²) >= 11 is 0. The summed E-state index contributed by atoms with van der Waals surface area (Å²) < 4.78 is 26.8. The van der Waals surface area contributed by atoms with E-state index in [9.17, 15) is 23.1 Å². The zero-order valence-corrected chi connectivity index (χ0v) is 15.5. The van der Waals surface area contributed by atoms with Crippen LogP contribution < -0.4 is 0 Å². The maximum Gasteiger partial charge on any atom is 0.326 e. The Bertz CT molecular complexity index is 769. The van der Waals surface area contributed by atoms with E-state index in [-0.39, 0.29) is 10.8 Å². The van der Waals surface area contributed by atoms with E-state index < -0.39 is 22.0 Å². The van der Waals surface area contributed by atoms with Crippen LogP contribution in [0.4, 0.5) is 0 Å². The lowest BCUT2D eigenvalue weighted by atomic mass is 10.0. The van der Waals surface area contributed by atoms with Gasteiger partial charge in [0, 0.05) is 25.2 Å². The zero-order chi connectivity index (χ0) is 18.7. The lowest BCUT2D eigenvalue weighted by molar-refractivity contribution is -0.143. The van der Waals surface area contributed by atoms with Gasteiger partial charge in [0.15, 0.2) is 0 Å². The van der Waals surface area contributed by atoms with E-state index in [2.05, 4.69) is 0 Å². The van der Waals surface area contributed by atoms with E-state index in [1.807, 2.05) is 0 Å². The molecule has 0 bridgehead atoms. The van der Waals surface area contributed by atoms with Gasteiger partial charge in [-0.15, -0.1) is 0 Å². The van der Waals surface area contributed by atoms with Crippen molar-refractivity contribution < 1.29 is 23.1 Å². The fourth-order valence-corrected chi connectivity index (χ4v) is 5.14. The van der Waals surface area contributed by atoms with Crippen molar-refractivity contribution in [1.82, 2.24) is 9.21 Å². The highest BCUT2D eigenvalue weighted by Crippen LogP contribution is 2.23. The quantitative estimate of drug-likeness (QED) is 0.861. The second-order valence-electron chi connectivity index (χ2n) is 6.84. The number of likely N-dealkylation sites (tertiary alicyclic amines) is 1. The molecule has 3 rings (SSSR count). The second-order valence-corrected chi connectivity index (χ2v) is 8.78. The van der Waals surface area contributed by atoms with Crippen LogP contribution in [0.3, 0.4) is 0 Å². The Kier molecular flexibility index (Phi) is 5.62. The second kappa shape index (κ2) is 7.75. The van der Waals surface area contributed by atoms with Gasteiger partial charge in [-0.1, -0.05) is 6.42 Å². The van der Waals surface area contributed by atoms with E-state index in [0.29, 0.717) is 31.6 Å². The molecule has 2 heterocycles. The van der Waals surface area contributed by atoms with Crippen LogP contribution in [0.5, 0.6) is 0 Å². The Morgan fingerprint density at radius 2 is 1.54 bits per heavy atom. The average molecular weight is 380 g/mol. The van der Waals surface area contributed by atoms with Gasteiger partial charge in [0.25, 0.3) is 5.91 Å². The number of carbonyl (C=O) groups excluding carboxylic acids is 1. The van der Waals surface area contributed by atoms with Crippen molar-refractivity contribution in [1.29, 1.82) is 0 Å². The number of nitrogens with zero attached hydrogens (tertiary/aromatic N) is 2. The van der Waals surface area contributed by atoms with Gasteiger partial charge < -0.3 is 10.0 Å². The number of rotatable bonds is 4. The Morgan fingerprint density at radius 1 is 0.923 bits per heavy atom. The molecule has 0 saturated carbocycles. The van der Waals surface area contributed by atoms with Gasteiger partial charge in [-0.3, -0.25) is 4.79 Å². The molecule has 0 unspecified atom stereocenters. The molecule has 0 spiro atoms. The molecule has 1 aromatic carbocycles. The molecule has 2 saturated heterocycles. The summed E-state index contributed by atoms with van der Waals surface area (Å²) in [5.41, 5.74) is 0.316. The summed E-state index contributed by atoms with van der Waals surface area (Å²) in [6.07, 6.45) is 4.77. The van der Waals surface area contributed by atoms with Crippen LogP contribution in [-0.2, 0) is 14.8 Å². The van der Waals surface area contributed by atoms with Gasteiger partial charge in [0.1, 0.15) is 6.04 Å². The molecule has 1 amide bonds. The molecular weight excluding hydrogens is 356 g/mol. The topological polar surface area (TPSA) is 95.0 Å². The van der Waals surface area contributed by atoms with Gasteiger partial charge >= 0.3 is 5.97 Å². The van der Waals surface area contributed by atoms with Crippen molar-refractivity contribution in [2.75, 3.05) is 19.6 Å². The summed E-state index contributed by atoms with van der Waals surface area (Å²) in [6, 6.07) is 5.03. The number of hydrogen-bond donors (Lipinski definition) is 1. The van der Waals surface area contributed by atoms with Crippen molar-refractivity contribution >= 4 is 21.9 Å². The largest absolute Gasteiger partial charge is 0.480 e. The Balaban J connectivity index is 1.78. The van der Waals surface area contributed by atoms with Gasteiger partial charge in [-0.25, -0.2) is 13.2 Å². The summed E-state index contributed by atoms with van der Waals surface area (Å²) in [5.74, 6) is -1.36. The first kappa shape index (κ1) is 18.8. The third kappa shape index (κ3) is 3.76. The molecule has 0 radical (unpaired) electrons. The van der Waals surface area contributed by atoms with Crippen LogP contribution in [0.25, 0.3) is 0 Å². The standard InChI is InChI=1S/C18H24N2O5S/c21-17(20-13-5-2-6-16(20)18(22)23)14-7-9-15(10-8-14)26(24,25)19-11-3-1-4-12-19/h7-10,16H,1-6,11-13H2,(H,22,23)/t16-/m1/s1. The van der Waals surface area contributed by atoms with Crippen molar-refractivity contribution in [3.8, 4) is 0 Å². The highest BCUT2D eigenvalue weighted by atomic mass is 32.2. The number of aliphatic carboxylic acids is 1. The molecule has 2 fully saturated rings.